The van der Waals surface area contributed by atoms with E-state index in [0.717, 1.165) is 45.9 Å². The number of nitrogen functional groups attached to an aromatic ring is 1. The molecule has 224 valence electrons. The zero-order chi connectivity index (χ0) is 30.3. The van der Waals surface area contributed by atoms with Crippen LogP contribution in [0, 0.1) is 0 Å². The van der Waals surface area contributed by atoms with Crippen molar-refractivity contribution in [2.45, 2.75) is 50.0 Å². The number of likely N-dealkylation sites (tertiary alicyclic amines) is 1. The van der Waals surface area contributed by atoms with Gasteiger partial charge < -0.3 is 20.9 Å². The molecule has 0 spiro atoms. The fourth-order valence-corrected chi connectivity index (χ4v) is 7.53. The second-order valence-electron chi connectivity index (χ2n) is 11.4. The van der Waals surface area contributed by atoms with Crippen molar-refractivity contribution < 1.29 is 22.8 Å². The molecule has 2 saturated heterocycles. The van der Waals surface area contributed by atoms with E-state index in [2.05, 4.69) is 15.1 Å². The van der Waals surface area contributed by atoms with Gasteiger partial charge in [-0.25, -0.2) is 13.1 Å². The molecule has 43 heavy (non-hydrogen) atoms. The van der Waals surface area contributed by atoms with E-state index < -0.39 is 15.9 Å². The molecule has 2 aliphatic heterocycles. The highest BCUT2D eigenvalue weighted by Crippen LogP contribution is 2.42. The van der Waals surface area contributed by atoms with Gasteiger partial charge in [-0.2, -0.15) is 0 Å². The van der Waals surface area contributed by atoms with E-state index in [1.807, 2.05) is 10.8 Å². The Kier molecular flexibility index (Phi) is 7.70. The van der Waals surface area contributed by atoms with Gasteiger partial charge in [0.25, 0.3) is 10.0 Å². The Morgan fingerprint density at radius 1 is 0.860 bits per heavy atom. The van der Waals surface area contributed by atoms with Crippen molar-refractivity contribution in [3.05, 3.63) is 76.9 Å². The number of nitrogens with one attached hydrogen (secondary N) is 2. The third-order valence-corrected chi connectivity index (χ3v) is 10.1. The van der Waals surface area contributed by atoms with Crippen LogP contribution in [0.15, 0.2) is 59.5 Å². The lowest BCUT2D eigenvalue weighted by Gasteiger charge is -2.41. The van der Waals surface area contributed by atoms with E-state index in [1.165, 1.54) is 31.4 Å². The number of fused-ring (bicyclic) bond motifs is 2. The summed E-state index contributed by atoms with van der Waals surface area (Å²) in [5.41, 5.74) is 9.67. The van der Waals surface area contributed by atoms with Gasteiger partial charge in [0.05, 0.1) is 33.1 Å². The highest BCUT2D eigenvalue weighted by atomic mass is 32.2. The van der Waals surface area contributed by atoms with Gasteiger partial charge in [-0.3, -0.25) is 14.4 Å². The summed E-state index contributed by atoms with van der Waals surface area (Å²) in [6.07, 6.45) is 5.74. The Morgan fingerprint density at radius 3 is 2.07 bits per heavy atom. The molecular formula is C32H35N5O5S. The maximum absolute atomic E-state index is 13.8. The number of ketones is 2. The number of benzene rings is 3. The summed E-state index contributed by atoms with van der Waals surface area (Å²) in [4.78, 5) is 43.7. The topological polar surface area (TPSA) is 142 Å². The van der Waals surface area contributed by atoms with Crippen LogP contribution in [0.1, 0.15) is 70.9 Å². The van der Waals surface area contributed by atoms with Gasteiger partial charge in [-0.15, -0.1) is 0 Å². The molecule has 6 rings (SSSR count). The minimum Gasteiger partial charge on any atom is -0.396 e. The molecule has 0 atom stereocenters. The minimum atomic E-state index is -4.01. The Morgan fingerprint density at radius 2 is 1.47 bits per heavy atom. The van der Waals surface area contributed by atoms with E-state index in [9.17, 15) is 22.8 Å². The minimum absolute atomic E-state index is 0.0787. The van der Waals surface area contributed by atoms with Crippen molar-refractivity contribution in [1.82, 2.24) is 9.62 Å². The van der Waals surface area contributed by atoms with Gasteiger partial charge in [-0.1, -0.05) is 30.7 Å². The van der Waals surface area contributed by atoms with Crippen LogP contribution in [0.2, 0.25) is 0 Å². The molecule has 1 aliphatic carbocycles. The van der Waals surface area contributed by atoms with E-state index in [-0.39, 0.29) is 27.6 Å². The van der Waals surface area contributed by atoms with Crippen molar-refractivity contribution in [3.8, 4) is 0 Å². The number of carbonyl (C=O) groups excluding carboxylic acids is 3. The fourth-order valence-electron chi connectivity index (χ4n) is 6.54. The molecule has 3 aromatic rings. The lowest BCUT2D eigenvalue weighted by atomic mass is 9.81. The van der Waals surface area contributed by atoms with Crippen molar-refractivity contribution >= 4 is 50.2 Å². The van der Waals surface area contributed by atoms with Gasteiger partial charge >= 0.3 is 0 Å². The highest BCUT2D eigenvalue weighted by Gasteiger charge is 2.36. The standard InChI is InChI=1S/C32H35N5O5S/c1-20(38)35-43(41,42)23-11-9-21(10-12-23)34-26-19-27(37-17-13-22(14-18-37)36-15-5-2-6-16-36)30(33)29-28(26)31(39)24-7-3-4-8-25(24)32(29)40/h3-4,7-12,19,22,34H,2,5-6,13-18,33H2,1H3,(H,35,38). The van der Waals surface area contributed by atoms with Crippen LogP contribution >= 0.6 is 0 Å². The summed E-state index contributed by atoms with van der Waals surface area (Å²) in [5.74, 6) is -1.29. The van der Waals surface area contributed by atoms with E-state index >= 15 is 0 Å². The molecule has 1 amide bonds. The monoisotopic (exact) mass is 601 g/mol. The first-order chi connectivity index (χ1) is 20.6. The molecule has 3 aromatic carbocycles. The summed E-state index contributed by atoms with van der Waals surface area (Å²) in [7, 11) is -4.01. The van der Waals surface area contributed by atoms with Gasteiger partial charge in [0.1, 0.15) is 0 Å². The Labute approximate surface area is 251 Å². The van der Waals surface area contributed by atoms with Crippen molar-refractivity contribution in [2.24, 2.45) is 0 Å². The first kappa shape index (κ1) is 28.9. The predicted molar refractivity (Wildman–Crippen MR) is 166 cm³/mol. The number of nitrogens with two attached hydrogens (primary N) is 1. The molecule has 11 heteroatoms. The maximum atomic E-state index is 13.8. The predicted octanol–water partition coefficient (Wildman–Crippen LogP) is 4.07. The molecule has 0 bridgehead atoms. The zero-order valence-corrected chi connectivity index (χ0v) is 24.9. The van der Waals surface area contributed by atoms with Gasteiger partial charge in [-0.05, 0) is 69.1 Å². The van der Waals surface area contributed by atoms with Gasteiger partial charge in [0, 0.05) is 42.9 Å². The van der Waals surface area contributed by atoms with Crippen LogP contribution in [0.5, 0.6) is 0 Å². The molecule has 0 aromatic heterocycles. The third-order valence-electron chi connectivity index (χ3n) is 8.65. The number of piperidine rings is 2. The van der Waals surface area contributed by atoms with Crippen LogP contribution in [0.25, 0.3) is 0 Å². The lowest BCUT2D eigenvalue weighted by molar-refractivity contribution is -0.117. The second-order valence-corrected chi connectivity index (χ2v) is 13.1. The van der Waals surface area contributed by atoms with Gasteiger partial charge in [0.2, 0.25) is 5.91 Å². The highest BCUT2D eigenvalue weighted by molar-refractivity contribution is 7.90. The summed E-state index contributed by atoms with van der Waals surface area (Å²) >= 11 is 0. The lowest BCUT2D eigenvalue weighted by Crippen LogP contribution is -2.47. The zero-order valence-electron chi connectivity index (χ0n) is 24.1. The van der Waals surface area contributed by atoms with Crippen LogP contribution in [-0.2, 0) is 14.8 Å². The van der Waals surface area contributed by atoms with E-state index in [1.54, 1.807) is 36.4 Å². The number of nitrogens with zero attached hydrogens (tertiary/aromatic N) is 2. The van der Waals surface area contributed by atoms with Crippen molar-refractivity contribution in [1.29, 1.82) is 0 Å². The van der Waals surface area contributed by atoms with E-state index in [4.69, 9.17) is 5.73 Å². The quantitative estimate of drug-likeness (QED) is 0.279. The average molecular weight is 602 g/mol. The summed E-state index contributed by atoms with van der Waals surface area (Å²) in [5, 5.41) is 3.25. The number of anilines is 4. The molecule has 3 aliphatic rings. The number of carbonyl (C=O) groups is 3. The Hall–Kier alpha value is -4.22. The van der Waals surface area contributed by atoms with Crippen LogP contribution in [-0.4, -0.2) is 63.0 Å². The van der Waals surface area contributed by atoms with Crippen LogP contribution in [0.3, 0.4) is 0 Å². The Bertz CT molecular complexity index is 1710. The summed E-state index contributed by atoms with van der Waals surface area (Å²) in [6.45, 7) is 4.96. The number of hydrogen-bond acceptors (Lipinski definition) is 9. The first-order valence-electron chi connectivity index (χ1n) is 14.7. The number of hydrogen-bond donors (Lipinski definition) is 3. The number of sulfonamides is 1. The van der Waals surface area contributed by atoms with E-state index in [0.29, 0.717) is 39.9 Å². The molecule has 4 N–H and O–H groups in total. The van der Waals surface area contributed by atoms with Crippen molar-refractivity contribution in [3.63, 3.8) is 0 Å². The summed E-state index contributed by atoms with van der Waals surface area (Å²) in [6, 6.07) is 14.9. The SMILES string of the molecule is CC(=O)NS(=O)(=O)c1ccc(Nc2cc(N3CCC(N4CCCCC4)CC3)c(N)c3c2C(=O)c2ccccc2C3=O)cc1. The molecular weight excluding hydrogens is 566 g/mol. The first-order valence-corrected chi connectivity index (χ1v) is 16.2. The number of rotatable bonds is 6. The van der Waals surface area contributed by atoms with Gasteiger partial charge in [0.15, 0.2) is 11.6 Å². The largest absolute Gasteiger partial charge is 0.396 e. The normalized spacial score (nSPS) is 17.7. The van der Waals surface area contributed by atoms with Crippen LogP contribution in [0.4, 0.5) is 22.7 Å². The molecule has 0 unspecified atom stereocenters. The van der Waals surface area contributed by atoms with Crippen molar-refractivity contribution in [2.75, 3.05) is 42.1 Å². The Balaban J connectivity index is 1.36. The molecule has 0 radical (unpaired) electrons. The van der Waals surface area contributed by atoms with Crippen LogP contribution < -0.4 is 20.7 Å². The second kappa shape index (κ2) is 11.5. The fraction of sp³-hybridized carbons (Fsp3) is 0.344. The third kappa shape index (κ3) is 5.50. The molecule has 10 nitrogen and oxygen atoms in total. The smallest absolute Gasteiger partial charge is 0.264 e. The molecule has 2 fully saturated rings. The molecule has 2 heterocycles. The molecule has 0 saturated carbocycles. The maximum Gasteiger partial charge on any atom is 0.264 e. The summed E-state index contributed by atoms with van der Waals surface area (Å²) < 4.78 is 26.8. The number of amides is 1. The average Bonchev–Trinajstić information content (AvgIpc) is 3.01.